The molecule has 11 heteroatoms. The fourth-order valence-electron chi connectivity index (χ4n) is 2.89. The molecule has 158 valence electrons. The van der Waals surface area contributed by atoms with E-state index in [4.69, 9.17) is 4.52 Å². The number of nitrogens with zero attached hydrogens (tertiary/aromatic N) is 3. The average molecular weight is 458 g/mol. The summed E-state index contributed by atoms with van der Waals surface area (Å²) in [7, 11) is -3.72. The van der Waals surface area contributed by atoms with E-state index in [0.29, 0.717) is 18.7 Å². The Kier molecular flexibility index (Phi) is 8.14. The van der Waals surface area contributed by atoms with Crippen LogP contribution in [0.3, 0.4) is 0 Å². The average Bonchev–Trinajstić information content (AvgIpc) is 3.27. The van der Waals surface area contributed by atoms with Gasteiger partial charge in [0.1, 0.15) is 16.3 Å². The van der Waals surface area contributed by atoms with E-state index in [1.807, 2.05) is 30.5 Å². The van der Waals surface area contributed by atoms with Crippen LogP contribution in [-0.4, -0.2) is 36.1 Å². The minimum absolute atomic E-state index is 0. The summed E-state index contributed by atoms with van der Waals surface area (Å²) in [6, 6.07) is 5.38. The number of hydrogen-bond donors (Lipinski definition) is 2. The lowest BCUT2D eigenvalue weighted by Crippen LogP contribution is -2.39. The van der Waals surface area contributed by atoms with E-state index in [1.54, 1.807) is 20.0 Å². The zero-order valence-electron chi connectivity index (χ0n) is 16.4. The van der Waals surface area contributed by atoms with E-state index in [1.165, 1.54) is 11.3 Å². The highest BCUT2D eigenvalue weighted by atomic mass is 35.5. The first-order chi connectivity index (χ1) is 13.4. The summed E-state index contributed by atoms with van der Waals surface area (Å²) in [5, 5.41) is 9.61. The number of aromatic nitrogens is 3. The van der Waals surface area contributed by atoms with Crippen LogP contribution in [0, 0.1) is 13.8 Å². The summed E-state index contributed by atoms with van der Waals surface area (Å²) in [6.07, 6.45) is 3.25. The first-order valence-electron chi connectivity index (χ1n) is 8.96. The molecule has 8 nitrogen and oxygen atoms in total. The highest BCUT2D eigenvalue weighted by Gasteiger charge is 2.27. The number of sulfonamides is 1. The molecular formula is C18H24ClN5O3S2. The number of thiazole rings is 1. The Hall–Kier alpha value is -2.01. The third-order valence-electron chi connectivity index (χ3n) is 4.13. The second-order valence-corrected chi connectivity index (χ2v) is 8.90. The molecule has 3 rings (SSSR count). The normalized spacial score (nSPS) is 12.4. The highest BCUT2D eigenvalue weighted by Crippen LogP contribution is 2.23. The van der Waals surface area contributed by atoms with Crippen LogP contribution < -0.4 is 10.0 Å². The number of hydrogen-bond acceptors (Lipinski definition) is 8. The van der Waals surface area contributed by atoms with Gasteiger partial charge < -0.3 is 9.84 Å². The van der Waals surface area contributed by atoms with E-state index in [-0.39, 0.29) is 29.1 Å². The van der Waals surface area contributed by atoms with Gasteiger partial charge in [-0.05, 0) is 32.4 Å². The molecule has 0 aromatic carbocycles. The molecule has 0 aliphatic heterocycles. The van der Waals surface area contributed by atoms with Gasteiger partial charge in [-0.3, -0.25) is 4.98 Å². The van der Waals surface area contributed by atoms with Crippen LogP contribution >= 0.6 is 23.7 Å². The number of aryl methyl sites for hydroxylation is 2. The predicted octanol–water partition coefficient (Wildman–Crippen LogP) is 3.79. The molecule has 3 aromatic heterocycles. The Bertz CT molecular complexity index is 1000. The van der Waals surface area contributed by atoms with Crippen molar-refractivity contribution >= 4 is 38.9 Å². The van der Waals surface area contributed by atoms with Crippen LogP contribution in [0.1, 0.15) is 31.2 Å². The molecule has 0 saturated heterocycles. The Morgan fingerprint density at radius 1 is 1.24 bits per heavy atom. The summed E-state index contributed by atoms with van der Waals surface area (Å²) in [5.74, 6) is 0.285. The molecule has 0 amide bonds. The van der Waals surface area contributed by atoms with Crippen LogP contribution in [0.2, 0.25) is 0 Å². The number of halogens is 1. The Balaban J connectivity index is 0.00000300. The Morgan fingerprint density at radius 3 is 2.66 bits per heavy atom. The molecule has 1 atom stereocenters. The Labute approximate surface area is 180 Å². The minimum atomic E-state index is -3.72. The van der Waals surface area contributed by atoms with E-state index in [2.05, 4.69) is 25.2 Å². The quantitative estimate of drug-likeness (QED) is 0.502. The van der Waals surface area contributed by atoms with Gasteiger partial charge in [-0.15, -0.1) is 23.7 Å². The third kappa shape index (κ3) is 5.75. The van der Waals surface area contributed by atoms with Crippen molar-refractivity contribution in [2.45, 2.75) is 44.6 Å². The van der Waals surface area contributed by atoms with E-state index >= 15 is 0 Å². The van der Waals surface area contributed by atoms with Crippen LogP contribution in [0.4, 0.5) is 5.13 Å². The predicted molar refractivity (Wildman–Crippen MR) is 116 cm³/mol. The van der Waals surface area contributed by atoms with Gasteiger partial charge in [0.05, 0.1) is 5.69 Å². The maximum Gasteiger partial charge on any atom is 0.246 e. The summed E-state index contributed by atoms with van der Waals surface area (Å²) < 4.78 is 33.3. The number of anilines is 1. The van der Waals surface area contributed by atoms with Crippen molar-refractivity contribution in [3.05, 3.63) is 41.2 Å². The zero-order chi connectivity index (χ0) is 20.1. The molecule has 2 N–H and O–H groups in total. The van der Waals surface area contributed by atoms with Crippen molar-refractivity contribution in [2.24, 2.45) is 0 Å². The van der Waals surface area contributed by atoms with Crippen LogP contribution in [0.5, 0.6) is 0 Å². The van der Waals surface area contributed by atoms with Gasteiger partial charge in [-0.1, -0.05) is 24.6 Å². The fraction of sp³-hybridized carbons (Fsp3) is 0.389. The largest absolute Gasteiger partial charge is 0.360 e. The van der Waals surface area contributed by atoms with Crippen molar-refractivity contribution in [3.8, 4) is 11.4 Å². The summed E-state index contributed by atoms with van der Waals surface area (Å²) in [4.78, 5) is 8.93. The molecule has 0 aliphatic carbocycles. The molecular weight excluding hydrogens is 434 g/mol. The highest BCUT2D eigenvalue weighted by molar-refractivity contribution is 7.89. The lowest BCUT2D eigenvalue weighted by molar-refractivity contribution is 0.390. The van der Waals surface area contributed by atoms with E-state index in [0.717, 1.165) is 22.9 Å². The van der Waals surface area contributed by atoms with Crippen LogP contribution in [0.25, 0.3) is 11.4 Å². The lowest BCUT2D eigenvalue weighted by Gasteiger charge is -2.18. The second kappa shape index (κ2) is 10.1. The topological polar surface area (TPSA) is 110 Å². The molecule has 0 aliphatic rings. The van der Waals surface area contributed by atoms with Gasteiger partial charge in [-0.2, -0.15) is 0 Å². The van der Waals surface area contributed by atoms with Crippen molar-refractivity contribution in [2.75, 3.05) is 11.9 Å². The molecule has 0 fully saturated rings. The molecule has 3 aromatic rings. The maximum absolute atomic E-state index is 12.8. The number of pyridine rings is 1. The summed E-state index contributed by atoms with van der Waals surface area (Å²) in [6.45, 7) is 5.65. The molecule has 0 saturated carbocycles. The van der Waals surface area contributed by atoms with Crippen LogP contribution in [-0.2, 0) is 10.0 Å². The first-order valence-corrected chi connectivity index (χ1v) is 11.3. The smallest absolute Gasteiger partial charge is 0.246 e. The Morgan fingerprint density at radius 2 is 2.03 bits per heavy atom. The molecule has 0 spiro atoms. The van der Waals surface area contributed by atoms with Crippen molar-refractivity contribution in [1.82, 2.24) is 19.8 Å². The third-order valence-corrected chi connectivity index (χ3v) is 6.69. The van der Waals surface area contributed by atoms with Crippen molar-refractivity contribution < 1.29 is 12.9 Å². The first kappa shape index (κ1) is 23.3. The monoisotopic (exact) mass is 457 g/mol. The molecule has 29 heavy (non-hydrogen) atoms. The summed E-state index contributed by atoms with van der Waals surface area (Å²) >= 11 is 1.46. The van der Waals surface area contributed by atoms with Gasteiger partial charge in [0, 0.05) is 24.2 Å². The molecule has 1 unspecified atom stereocenters. The fourth-order valence-corrected chi connectivity index (χ4v) is 5.20. The van der Waals surface area contributed by atoms with E-state index in [9.17, 15) is 8.42 Å². The maximum atomic E-state index is 12.8. The van der Waals surface area contributed by atoms with Crippen LogP contribution in [0.15, 0.2) is 39.2 Å². The van der Waals surface area contributed by atoms with Gasteiger partial charge >= 0.3 is 0 Å². The van der Waals surface area contributed by atoms with E-state index < -0.39 is 10.0 Å². The molecule has 0 radical (unpaired) electrons. The van der Waals surface area contributed by atoms with Crippen molar-refractivity contribution in [1.29, 1.82) is 0 Å². The molecule has 3 heterocycles. The number of rotatable bonds is 9. The van der Waals surface area contributed by atoms with Gasteiger partial charge in [0.2, 0.25) is 10.0 Å². The summed E-state index contributed by atoms with van der Waals surface area (Å²) in [5.41, 5.74) is 1.94. The lowest BCUT2D eigenvalue weighted by atomic mass is 10.2. The standard InChI is InChI=1S/C18H23N5O3S2.ClH/c1-4-7-14(23-28(24,25)17-12(2)22-26-13(17)3)10-20-18-21-16(11-27-18)15-8-5-6-9-19-15;/h5-6,8-9,11,14,23H,4,7,10H2,1-3H3,(H,20,21);1H. The van der Waals surface area contributed by atoms with Gasteiger partial charge in [-0.25, -0.2) is 18.1 Å². The zero-order valence-corrected chi connectivity index (χ0v) is 18.8. The van der Waals surface area contributed by atoms with Gasteiger partial charge in [0.15, 0.2) is 10.9 Å². The SMILES string of the molecule is CCCC(CNc1nc(-c2ccccn2)cs1)NS(=O)(=O)c1c(C)noc1C.Cl. The van der Waals surface area contributed by atoms with Crippen molar-refractivity contribution in [3.63, 3.8) is 0 Å². The number of nitrogens with one attached hydrogen (secondary N) is 2. The molecule has 0 bridgehead atoms. The minimum Gasteiger partial charge on any atom is -0.360 e. The second-order valence-electron chi connectivity index (χ2n) is 6.39. The van der Waals surface area contributed by atoms with Gasteiger partial charge in [0.25, 0.3) is 0 Å².